The molecule has 0 spiro atoms. The van der Waals surface area contributed by atoms with Crippen LogP contribution in [0.3, 0.4) is 0 Å². The Balaban J connectivity index is 0.00000225. The number of H-pyrrole nitrogens is 1. The normalized spacial score (nSPS) is 11.0. The van der Waals surface area contributed by atoms with Crippen LogP contribution in [0.25, 0.3) is 10.9 Å². The molecule has 1 heterocycles. The number of fused-ring (bicyclic) bond motifs is 1. The van der Waals surface area contributed by atoms with E-state index in [2.05, 4.69) is 15.3 Å². The number of hydrogen-bond donors (Lipinski definition) is 3. The highest BCUT2D eigenvalue weighted by Crippen LogP contribution is 2.22. The van der Waals surface area contributed by atoms with Crippen LogP contribution in [0, 0.1) is 0 Å². The van der Waals surface area contributed by atoms with Crippen LogP contribution in [-0.4, -0.2) is 23.9 Å². The fraction of sp³-hybridized carbons (Fsp3) is 0.111. The molecule has 1 amide bonds. The number of amides is 1. The molecule has 0 radical (unpaired) electrons. The first kappa shape index (κ1) is 18.4. The van der Waals surface area contributed by atoms with Gasteiger partial charge in [-0.3, -0.25) is 15.1 Å². The zero-order chi connectivity index (χ0) is 16.9. The molecule has 0 saturated carbocycles. The van der Waals surface area contributed by atoms with Crippen molar-refractivity contribution in [1.82, 2.24) is 10.3 Å². The number of guanidine groups is 1. The van der Waals surface area contributed by atoms with E-state index in [-0.39, 0.29) is 24.3 Å². The Kier molecular flexibility index (Phi) is 6.03. The van der Waals surface area contributed by atoms with Crippen molar-refractivity contribution < 1.29 is 9.53 Å². The Labute approximate surface area is 151 Å². The van der Waals surface area contributed by atoms with Gasteiger partial charge in [-0.1, -0.05) is 30.3 Å². The minimum atomic E-state index is -0.332. The summed E-state index contributed by atoms with van der Waals surface area (Å²) in [6.07, 6.45) is 0. The van der Waals surface area contributed by atoms with Crippen LogP contribution < -0.4 is 15.8 Å². The number of aromatic nitrogens is 1. The molecule has 0 unspecified atom stereocenters. The van der Waals surface area contributed by atoms with Crippen LogP contribution in [0.1, 0.15) is 16.1 Å². The Bertz CT molecular complexity index is 890. The first-order valence-corrected chi connectivity index (χ1v) is 7.49. The number of nitrogens with zero attached hydrogens (tertiary/aromatic N) is 1. The molecule has 0 aliphatic carbocycles. The maximum Gasteiger partial charge on any atom is 0.274 e. The molecule has 4 N–H and O–H groups in total. The average Bonchev–Trinajstić information content (AvgIpc) is 3.04. The number of aromatic amines is 1. The molecule has 7 heteroatoms. The van der Waals surface area contributed by atoms with E-state index in [1.807, 2.05) is 48.5 Å². The zero-order valence-electron chi connectivity index (χ0n) is 13.7. The van der Waals surface area contributed by atoms with Crippen molar-refractivity contribution in [2.45, 2.75) is 6.61 Å². The fourth-order valence-electron chi connectivity index (χ4n) is 2.30. The van der Waals surface area contributed by atoms with E-state index < -0.39 is 0 Å². The Hall–Kier alpha value is -2.99. The van der Waals surface area contributed by atoms with Gasteiger partial charge in [0.15, 0.2) is 5.96 Å². The van der Waals surface area contributed by atoms with Crippen LogP contribution in [-0.2, 0) is 6.61 Å². The number of nitrogens with two attached hydrogens (primary N) is 1. The molecule has 0 atom stereocenters. The third-order valence-electron chi connectivity index (χ3n) is 3.57. The topological polar surface area (TPSA) is 92.5 Å². The van der Waals surface area contributed by atoms with Crippen molar-refractivity contribution in [3.8, 4) is 5.75 Å². The summed E-state index contributed by atoms with van der Waals surface area (Å²) in [5.41, 5.74) is 7.87. The summed E-state index contributed by atoms with van der Waals surface area (Å²) in [5.74, 6) is 0.485. The number of ether oxygens (including phenoxy) is 1. The van der Waals surface area contributed by atoms with Gasteiger partial charge in [-0.2, -0.15) is 0 Å². The minimum absolute atomic E-state index is 0. The van der Waals surface area contributed by atoms with Gasteiger partial charge in [-0.15, -0.1) is 12.4 Å². The van der Waals surface area contributed by atoms with E-state index in [0.29, 0.717) is 12.3 Å². The molecule has 2 aromatic carbocycles. The van der Waals surface area contributed by atoms with Gasteiger partial charge in [0.25, 0.3) is 5.91 Å². The Morgan fingerprint density at radius 1 is 1.20 bits per heavy atom. The predicted molar refractivity (Wildman–Crippen MR) is 101 cm³/mol. The Morgan fingerprint density at radius 2 is 1.96 bits per heavy atom. The van der Waals surface area contributed by atoms with Gasteiger partial charge in [-0.25, -0.2) is 0 Å². The molecule has 25 heavy (non-hydrogen) atoms. The number of halogens is 1. The molecule has 3 rings (SSSR count). The lowest BCUT2D eigenvalue weighted by atomic mass is 10.2. The molecule has 0 bridgehead atoms. The van der Waals surface area contributed by atoms with Gasteiger partial charge in [0, 0.05) is 18.0 Å². The number of benzene rings is 2. The van der Waals surface area contributed by atoms with Crippen molar-refractivity contribution in [2.75, 3.05) is 7.05 Å². The lowest BCUT2D eigenvalue weighted by Crippen LogP contribution is -2.36. The second-order valence-corrected chi connectivity index (χ2v) is 5.27. The summed E-state index contributed by atoms with van der Waals surface area (Å²) in [7, 11) is 1.51. The number of hydrogen-bond acceptors (Lipinski definition) is 3. The highest BCUT2D eigenvalue weighted by molar-refractivity contribution is 6.06. The minimum Gasteiger partial charge on any atom is -0.489 e. The monoisotopic (exact) mass is 358 g/mol. The van der Waals surface area contributed by atoms with Crippen molar-refractivity contribution in [1.29, 1.82) is 0 Å². The summed E-state index contributed by atoms with van der Waals surface area (Å²) in [6, 6.07) is 17.3. The van der Waals surface area contributed by atoms with Crippen LogP contribution in [0.2, 0.25) is 0 Å². The maximum absolute atomic E-state index is 12.0. The summed E-state index contributed by atoms with van der Waals surface area (Å²) in [5, 5.41) is 3.38. The zero-order valence-corrected chi connectivity index (χ0v) is 14.5. The van der Waals surface area contributed by atoms with Crippen molar-refractivity contribution >= 4 is 35.2 Å². The largest absolute Gasteiger partial charge is 0.489 e. The molecule has 0 fully saturated rings. The van der Waals surface area contributed by atoms with Gasteiger partial charge in [0.2, 0.25) is 0 Å². The van der Waals surface area contributed by atoms with Crippen molar-refractivity contribution in [3.63, 3.8) is 0 Å². The highest BCUT2D eigenvalue weighted by Gasteiger charge is 2.11. The van der Waals surface area contributed by atoms with Crippen LogP contribution in [0.4, 0.5) is 0 Å². The SMILES string of the molecule is CN=C(N)NC(=O)c1cc2cc(OCc3ccccc3)ccc2[nH]1.Cl. The average molecular weight is 359 g/mol. The predicted octanol–water partition coefficient (Wildman–Crippen LogP) is 2.84. The molecular formula is C18H19ClN4O2. The lowest BCUT2D eigenvalue weighted by Gasteiger charge is -2.06. The summed E-state index contributed by atoms with van der Waals surface area (Å²) in [4.78, 5) is 18.8. The highest BCUT2D eigenvalue weighted by atomic mass is 35.5. The molecule has 0 aliphatic heterocycles. The number of rotatable bonds is 4. The van der Waals surface area contributed by atoms with E-state index in [4.69, 9.17) is 10.5 Å². The van der Waals surface area contributed by atoms with Gasteiger partial charge in [-0.05, 0) is 29.8 Å². The fourth-order valence-corrected chi connectivity index (χ4v) is 2.30. The number of aliphatic imine (C=N–C) groups is 1. The third kappa shape index (κ3) is 4.51. The van der Waals surface area contributed by atoms with Crippen LogP contribution in [0.15, 0.2) is 59.6 Å². The quantitative estimate of drug-likeness (QED) is 0.494. The first-order valence-electron chi connectivity index (χ1n) is 7.49. The number of carbonyl (C=O) groups excluding carboxylic acids is 1. The van der Waals surface area contributed by atoms with Crippen LogP contribution >= 0.6 is 12.4 Å². The maximum atomic E-state index is 12.0. The standard InChI is InChI=1S/C18H18N4O2.ClH/c1-20-18(19)22-17(23)16-10-13-9-14(7-8-15(13)21-16)24-11-12-5-3-2-4-6-12;/h2-10,21H,11H2,1H3,(H3,19,20,22,23);1H. The van der Waals surface area contributed by atoms with Crippen molar-refractivity contribution in [3.05, 3.63) is 65.9 Å². The molecule has 6 nitrogen and oxygen atoms in total. The van der Waals surface area contributed by atoms with Gasteiger partial charge in [0.05, 0.1) is 0 Å². The van der Waals surface area contributed by atoms with Gasteiger partial charge < -0.3 is 15.5 Å². The molecular weight excluding hydrogens is 340 g/mol. The summed E-state index contributed by atoms with van der Waals surface area (Å²) in [6.45, 7) is 0.494. The van der Waals surface area contributed by atoms with E-state index >= 15 is 0 Å². The second kappa shape index (κ2) is 8.21. The van der Waals surface area contributed by atoms with Crippen molar-refractivity contribution in [2.24, 2.45) is 10.7 Å². The van der Waals surface area contributed by atoms with Gasteiger partial charge >= 0.3 is 0 Å². The van der Waals surface area contributed by atoms with E-state index in [1.165, 1.54) is 7.05 Å². The molecule has 130 valence electrons. The molecule has 1 aromatic heterocycles. The molecule has 0 aliphatic rings. The first-order chi connectivity index (χ1) is 11.7. The smallest absolute Gasteiger partial charge is 0.274 e. The molecule has 3 aromatic rings. The number of carbonyl (C=O) groups is 1. The second-order valence-electron chi connectivity index (χ2n) is 5.27. The molecule has 0 saturated heterocycles. The lowest BCUT2D eigenvalue weighted by molar-refractivity contribution is 0.0972. The van der Waals surface area contributed by atoms with E-state index in [0.717, 1.165) is 22.2 Å². The number of nitrogens with one attached hydrogen (secondary N) is 2. The Morgan fingerprint density at radius 3 is 2.68 bits per heavy atom. The van der Waals surface area contributed by atoms with E-state index in [1.54, 1.807) is 6.07 Å². The van der Waals surface area contributed by atoms with Crippen LogP contribution in [0.5, 0.6) is 5.75 Å². The van der Waals surface area contributed by atoms with Gasteiger partial charge in [0.1, 0.15) is 18.1 Å². The van der Waals surface area contributed by atoms with E-state index in [9.17, 15) is 4.79 Å². The summed E-state index contributed by atoms with van der Waals surface area (Å²) >= 11 is 0. The third-order valence-corrected chi connectivity index (χ3v) is 3.57. The summed E-state index contributed by atoms with van der Waals surface area (Å²) < 4.78 is 5.80.